The van der Waals surface area contributed by atoms with Crippen molar-refractivity contribution in [3.05, 3.63) is 17.0 Å². The molecule has 1 N–H and O–H groups in total. The van der Waals surface area contributed by atoms with Crippen LogP contribution in [0.4, 0.5) is 0 Å². The van der Waals surface area contributed by atoms with E-state index in [0.29, 0.717) is 6.04 Å². The van der Waals surface area contributed by atoms with Crippen LogP contribution in [0.5, 0.6) is 0 Å². The Hall–Kier alpha value is -0.870. The predicted octanol–water partition coefficient (Wildman–Crippen LogP) is 2.51. The molecule has 1 aliphatic heterocycles. The molecular formula is C16H30N4. The molecule has 1 fully saturated rings. The third-order valence-electron chi connectivity index (χ3n) is 4.76. The van der Waals surface area contributed by atoms with Gasteiger partial charge in [0, 0.05) is 30.4 Å². The summed E-state index contributed by atoms with van der Waals surface area (Å²) >= 11 is 0. The number of hydrogen-bond donors (Lipinski definition) is 1. The van der Waals surface area contributed by atoms with Gasteiger partial charge in [0.15, 0.2) is 0 Å². The fraction of sp³-hybridized carbons (Fsp3) is 0.812. The van der Waals surface area contributed by atoms with Crippen molar-refractivity contribution in [2.45, 2.75) is 53.1 Å². The van der Waals surface area contributed by atoms with Gasteiger partial charge in [-0.3, -0.25) is 9.58 Å². The molecule has 1 aliphatic rings. The number of nitrogens with zero attached hydrogens (tertiary/aromatic N) is 3. The maximum Gasteiger partial charge on any atom is 0.0644 e. The molecule has 0 spiro atoms. The molecule has 20 heavy (non-hydrogen) atoms. The highest BCUT2D eigenvalue weighted by molar-refractivity contribution is 5.27. The van der Waals surface area contributed by atoms with Gasteiger partial charge in [-0.2, -0.15) is 5.10 Å². The first kappa shape index (κ1) is 15.5. The third kappa shape index (κ3) is 3.23. The maximum atomic E-state index is 4.66. The van der Waals surface area contributed by atoms with E-state index in [2.05, 4.69) is 54.7 Å². The van der Waals surface area contributed by atoms with Crippen LogP contribution >= 0.6 is 0 Å². The molecular weight excluding hydrogens is 248 g/mol. The molecule has 4 nitrogen and oxygen atoms in total. The summed E-state index contributed by atoms with van der Waals surface area (Å²) in [7, 11) is 2.25. The van der Waals surface area contributed by atoms with E-state index in [1.807, 2.05) is 0 Å². The van der Waals surface area contributed by atoms with E-state index >= 15 is 0 Å². The summed E-state index contributed by atoms with van der Waals surface area (Å²) in [5, 5.41) is 8.17. The fourth-order valence-electron chi connectivity index (χ4n) is 3.49. The molecule has 0 aromatic carbocycles. The van der Waals surface area contributed by atoms with Gasteiger partial charge in [-0.1, -0.05) is 0 Å². The number of piperidine rings is 1. The Morgan fingerprint density at radius 3 is 2.75 bits per heavy atom. The predicted molar refractivity (Wildman–Crippen MR) is 84.0 cm³/mol. The van der Waals surface area contributed by atoms with Crippen molar-refractivity contribution >= 4 is 0 Å². The lowest BCUT2D eigenvalue weighted by Crippen LogP contribution is -2.37. The molecule has 114 valence electrons. The first-order chi connectivity index (χ1) is 9.54. The Balaban J connectivity index is 2.05. The minimum atomic E-state index is 0.442. The molecule has 0 radical (unpaired) electrons. The summed E-state index contributed by atoms with van der Waals surface area (Å²) in [4.78, 5) is 2.49. The number of nitrogens with one attached hydrogen (secondary N) is 1. The van der Waals surface area contributed by atoms with Crippen LogP contribution in [0.15, 0.2) is 0 Å². The highest BCUT2D eigenvalue weighted by atomic mass is 15.3. The molecule has 2 unspecified atom stereocenters. The first-order valence-electron chi connectivity index (χ1n) is 7.99. The summed E-state index contributed by atoms with van der Waals surface area (Å²) in [6.45, 7) is 13.3. The van der Waals surface area contributed by atoms with Gasteiger partial charge in [0.2, 0.25) is 0 Å². The Labute approximate surface area is 123 Å². The quantitative estimate of drug-likeness (QED) is 0.898. The number of aromatic nitrogens is 2. The van der Waals surface area contributed by atoms with Crippen molar-refractivity contribution in [1.82, 2.24) is 20.0 Å². The summed E-state index contributed by atoms with van der Waals surface area (Å²) in [6.07, 6.45) is 2.68. The van der Waals surface area contributed by atoms with Crippen LogP contribution in [0.1, 0.15) is 49.7 Å². The number of hydrogen-bond acceptors (Lipinski definition) is 3. The average Bonchev–Trinajstić information content (AvgIpc) is 2.73. The zero-order valence-electron chi connectivity index (χ0n) is 13.7. The highest BCUT2D eigenvalue weighted by Crippen LogP contribution is 2.27. The summed E-state index contributed by atoms with van der Waals surface area (Å²) in [5.74, 6) is 0.790. The Bertz CT molecular complexity index is 432. The summed E-state index contributed by atoms with van der Waals surface area (Å²) < 4.78 is 2.12. The van der Waals surface area contributed by atoms with Crippen molar-refractivity contribution in [3.63, 3.8) is 0 Å². The SMILES string of the molecule is CCn1nc(C)c(C(C)N(C)CC2CCCNC2)c1C. The smallest absolute Gasteiger partial charge is 0.0644 e. The largest absolute Gasteiger partial charge is 0.316 e. The topological polar surface area (TPSA) is 33.1 Å². The van der Waals surface area contributed by atoms with Gasteiger partial charge < -0.3 is 5.32 Å². The molecule has 0 amide bonds. The van der Waals surface area contributed by atoms with Crippen molar-refractivity contribution < 1.29 is 0 Å². The lowest BCUT2D eigenvalue weighted by molar-refractivity contribution is 0.198. The van der Waals surface area contributed by atoms with Crippen LogP contribution in [-0.4, -0.2) is 41.4 Å². The second kappa shape index (κ2) is 6.72. The number of aryl methyl sites for hydroxylation is 2. The molecule has 1 aromatic heterocycles. The second-order valence-corrected chi connectivity index (χ2v) is 6.23. The Morgan fingerprint density at radius 1 is 1.45 bits per heavy atom. The summed E-state index contributed by atoms with van der Waals surface area (Å²) in [6, 6.07) is 0.442. The van der Waals surface area contributed by atoms with Crippen LogP contribution in [0.25, 0.3) is 0 Å². The van der Waals surface area contributed by atoms with Crippen molar-refractivity contribution in [2.24, 2.45) is 5.92 Å². The van der Waals surface area contributed by atoms with E-state index in [1.54, 1.807) is 0 Å². The number of rotatable bonds is 5. The van der Waals surface area contributed by atoms with Gasteiger partial charge in [0.25, 0.3) is 0 Å². The highest BCUT2D eigenvalue weighted by Gasteiger charge is 2.23. The zero-order chi connectivity index (χ0) is 14.7. The molecule has 2 rings (SSSR count). The molecule has 0 saturated carbocycles. The van der Waals surface area contributed by atoms with Crippen molar-refractivity contribution in [2.75, 3.05) is 26.7 Å². The van der Waals surface area contributed by atoms with Gasteiger partial charge in [0.1, 0.15) is 0 Å². The molecule has 1 aromatic rings. The first-order valence-corrected chi connectivity index (χ1v) is 7.99. The van der Waals surface area contributed by atoms with Crippen LogP contribution in [-0.2, 0) is 6.54 Å². The van der Waals surface area contributed by atoms with Crippen molar-refractivity contribution in [3.8, 4) is 0 Å². The van der Waals surface area contributed by atoms with E-state index in [1.165, 1.54) is 49.4 Å². The Morgan fingerprint density at radius 2 is 2.20 bits per heavy atom. The van der Waals surface area contributed by atoms with E-state index in [0.717, 1.165) is 12.5 Å². The fourth-order valence-corrected chi connectivity index (χ4v) is 3.49. The lowest BCUT2D eigenvalue weighted by Gasteiger charge is -2.31. The van der Waals surface area contributed by atoms with Crippen LogP contribution in [0.3, 0.4) is 0 Å². The standard InChI is InChI=1S/C16H30N4/c1-6-20-14(4)16(12(2)18-20)13(3)19(5)11-15-8-7-9-17-10-15/h13,15,17H,6-11H2,1-5H3. The second-order valence-electron chi connectivity index (χ2n) is 6.23. The van der Waals surface area contributed by atoms with Crippen LogP contribution in [0, 0.1) is 19.8 Å². The van der Waals surface area contributed by atoms with E-state index in [9.17, 15) is 0 Å². The van der Waals surface area contributed by atoms with E-state index in [-0.39, 0.29) is 0 Å². The summed E-state index contributed by atoms with van der Waals surface area (Å²) in [5.41, 5.74) is 3.93. The molecule has 2 atom stereocenters. The van der Waals surface area contributed by atoms with Gasteiger partial charge in [-0.15, -0.1) is 0 Å². The van der Waals surface area contributed by atoms with Crippen LogP contribution < -0.4 is 5.32 Å². The minimum Gasteiger partial charge on any atom is -0.316 e. The van der Waals surface area contributed by atoms with Gasteiger partial charge >= 0.3 is 0 Å². The third-order valence-corrected chi connectivity index (χ3v) is 4.76. The van der Waals surface area contributed by atoms with Gasteiger partial charge in [-0.05, 0) is 66.6 Å². The van der Waals surface area contributed by atoms with Gasteiger partial charge in [-0.25, -0.2) is 0 Å². The van der Waals surface area contributed by atoms with E-state index < -0.39 is 0 Å². The monoisotopic (exact) mass is 278 g/mol. The van der Waals surface area contributed by atoms with E-state index in [4.69, 9.17) is 0 Å². The molecule has 0 aliphatic carbocycles. The van der Waals surface area contributed by atoms with Crippen LogP contribution in [0.2, 0.25) is 0 Å². The minimum absolute atomic E-state index is 0.442. The van der Waals surface area contributed by atoms with Crippen molar-refractivity contribution in [1.29, 1.82) is 0 Å². The molecule has 2 heterocycles. The normalized spacial score (nSPS) is 21.4. The molecule has 0 bridgehead atoms. The molecule has 4 heteroatoms. The lowest BCUT2D eigenvalue weighted by atomic mass is 9.97. The average molecular weight is 278 g/mol. The zero-order valence-corrected chi connectivity index (χ0v) is 13.7. The molecule has 1 saturated heterocycles. The Kier molecular flexibility index (Phi) is 5.22. The van der Waals surface area contributed by atoms with Gasteiger partial charge in [0.05, 0.1) is 5.69 Å². The maximum absolute atomic E-state index is 4.66.